The Morgan fingerprint density at radius 3 is 1.79 bits per heavy atom. The van der Waals surface area contributed by atoms with Crippen LogP contribution >= 0.6 is 0 Å². The van der Waals surface area contributed by atoms with Crippen molar-refractivity contribution in [2.24, 2.45) is 0 Å². The standard InChI is InChI=1S/C39H23N3O/c40-24-25-15-17-28(18-16-25)36-23-35(27-11-5-2-6-12-27)41-39(42-36)29-19-20-37-33(21-29)34-22-32(26-9-3-1-4-10-26)30-13-7-8-14-31(30)38(34)43-37/h1-23H. The highest BCUT2D eigenvalue weighted by molar-refractivity contribution is 6.19. The molecule has 2 aromatic heterocycles. The van der Waals surface area contributed by atoms with Crippen LogP contribution in [0, 0.1) is 11.3 Å². The molecule has 200 valence electrons. The number of rotatable bonds is 4. The molecule has 43 heavy (non-hydrogen) atoms. The van der Waals surface area contributed by atoms with E-state index in [1.54, 1.807) is 0 Å². The van der Waals surface area contributed by atoms with Gasteiger partial charge in [0, 0.05) is 32.8 Å². The quantitative estimate of drug-likeness (QED) is 0.219. The first-order chi connectivity index (χ1) is 21.2. The van der Waals surface area contributed by atoms with E-state index >= 15 is 0 Å². The highest BCUT2D eigenvalue weighted by Crippen LogP contribution is 2.40. The van der Waals surface area contributed by atoms with Gasteiger partial charge < -0.3 is 4.42 Å². The molecule has 8 rings (SSSR count). The predicted octanol–water partition coefficient (Wildman–Crippen LogP) is 10.1. The zero-order chi connectivity index (χ0) is 28.8. The average molecular weight is 550 g/mol. The fraction of sp³-hybridized carbons (Fsp3) is 0. The molecule has 0 saturated heterocycles. The minimum atomic E-state index is 0.612. The Balaban J connectivity index is 1.35. The zero-order valence-electron chi connectivity index (χ0n) is 23.0. The molecule has 0 atom stereocenters. The van der Waals surface area contributed by atoms with E-state index in [1.165, 1.54) is 5.56 Å². The van der Waals surface area contributed by atoms with E-state index in [0.29, 0.717) is 11.4 Å². The van der Waals surface area contributed by atoms with Crippen LogP contribution in [0.1, 0.15) is 5.56 Å². The third kappa shape index (κ3) is 4.32. The third-order valence-corrected chi connectivity index (χ3v) is 7.93. The van der Waals surface area contributed by atoms with Gasteiger partial charge in [0.1, 0.15) is 11.2 Å². The van der Waals surface area contributed by atoms with Crippen LogP contribution in [0.5, 0.6) is 0 Å². The van der Waals surface area contributed by atoms with E-state index in [4.69, 9.17) is 14.4 Å². The smallest absolute Gasteiger partial charge is 0.160 e. The lowest BCUT2D eigenvalue weighted by Crippen LogP contribution is -1.96. The fourth-order valence-electron chi connectivity index (χ4n) is 5.79. The molecular weight excluding hydrogens is 526 g/mol. The number of nitriles is 1. The first kappa shape index (κ1) is 24.7. The Hall–Kier alpha value is -6.05. The lowest BCUT2D eigenvalue weighted by atomic mass is 9.95. The Bertz CT molecular complexity index is 2330. The van der Waals surface area contributed by atoms with E-state index in [0.717, 1.165) is 66.4 Å². The summed E-state index contributed by atoms with van der Waals surface area (Å²) >= 11 is 0. The summed E-state index contributed by atoms with van der Waals surface area (Å²) in [6, 6.07) is 49.1. The van der Waals surface area contributed by atoms with Crippen LogP contribution in [0.3, 0.4) is 0 Å². The first-order valence-electron chi connectivity index (χ1n) is 14.1. The van der Waals surface area contributed by atoms with Gasteiger partial charge >= 0.3 is 0 Å². The summed E-state index contributed by atoms with van der Waals surface area (Å²) in [7, 11) is 0. The van der Waals surface area contributed by atoms with Gasteiger partial charge in [0.05, 0.1) is 23.0 Å². The van der Waals surface area contributed by atoms with Gasteiger partial charge in [-0.05, 0) is 59.0 Å². The van der Waals surface area contributed by atoms with Crippen molar-refractivity contribution in [3.05, 3.63) is 145 Å². The molecule has 2 heterocycles. The second kappa shape index (κ2) is 10.1. The van der Waals surface area contributed by atoms with Gasteiger partial charge in [0.15, 0.2) is 5.82 Å². The Morgan fingerprint density at radius 2 is 1.09 bits per heavy atom. The molecule has 0 saturated carbocycles. The maximum Gasteiger partial charge on any atom is 0.160 e. The Morgan fingerprint density at radius 1 is 0.488 bits per heavy atom. The van der Waals surface area contributed by atoms with E-state index < -0.39 is 0 Å². The summed E-state index contributed by atoms with van der Waals surface area (Å²) in [5, 5.41) is 13.6. The molecule has 0 aliphatic heterocycles. The predicted molar refractivity (Wildman–Crippen MR) is 173 cm³/mol. The maximum absolute atomic E-state index is 9.29. The monoisotopic (exact) mass is 549 g/mol. The van der Waals surface area contributed by atoms with Crippen molar-refractivity contribution in [1.82, 2.24) is 9.97 Å². The van der Waals surface area contributed by atoms with E-state index in [2.05, 4.69) is 78.9 Å². The summed E-state index contributed by atoms with van der Waals surface area (Å²) in [5.74, 6) is 0.626. The Kier molecular flexibility index (Phi) is 5.80. The maximum atomic E-state index is 9.29. The van der Waals surface area contributed by atoms with Gasteiger partial charge in [-0.2, -0.15) is 5.26 Å². The van der Waals surface area contributed by atoms with Crippen molar-refractivity contribution < 1.29 is 4.42 Å². The highest BCUT2D eigenvalue weighted by atomic mass is 16.3. The normalized spacial score (nSPS) is 11.2. The minimum absolute atomic E-state index is 0.612. The number of benzene rings is 6. The van der Waals surface area contributed by atoms with Gasteiger partial charge in [0.2, 0.25) is 0 Å². The summed E-state index contributed by atoms with van der Waals surface area (Å²) in [6.07, 6.45) is 0. The van der Waals surface area contributed by atoms with Gasteiger partial charge in [-0.1, -0.05) is 97.1 Å². The summed E-state index contributed by atoms with van der Waals surface area (Å²) in [6.45, 7) is 0. The zero-order valence-corrected chi connectivity index (χ0v) is 23.0. The van der Waals surface area contributed by atoms with Gasteiger partial charge in [-0.15, -0.1) is 0 Å². The lowest BCUT2D eigenvalue weighted by molar-refractivity contribution is 0.672. The molecule has 0 radical (unpaired) electrons. The summed E-state index contributed by atoms with van der Waals surface area (Å²) in [4.78, 5) is 10.0. The molecule has 0 spiro atoms. The van der Waals surface area contributed by atoms with Crippen LogP contribution in [0.15, 0.2) is 144 Å². The SMILES string of the molecule is N#Cc1ccc(-c2cc(-c3ccccc3)nc(-c3ccc4oc5c6ccccc6c(-c6ccccc6)cc5c4c3)n2)cc1. The van der Waals surface area contributed by atoms with Gasteiger partial charge in [-0.3, -0.25) is 0 Å². The van der Waals surface area contributed by atoms with Crippen molar-refractivity contribution in [3.8, 4) is 51.1 Å². The summed E-state index contributed by atoms with van der Waals surface area (Å²) in [5.41, 5.74) is 9.10. The molecule has 8 aromatic rings. The molecule has 0 amide bonds. The van der Waals surface area contributed by atoms with Crippen LogP contribution in [0.25, 0.3) is 77.7 Å². The van der Waals surface area contributed by atoms with Crippen molar-refractivity contribution in [2.45, 2.75) is 0 Å². The number of hydrogen-bond acceptors (Lipinski definition) is 4. The minimum Gasteiger partial charge on any atom is -0.455 e. The highest BCUT2D eigenvalue weighted by Gasteiger charge is 2.17. The second-order valence-corrected chi connectivity index (χ2v) is 10.5. The van der Waals surface area contributed by atoms with E-state index in [1.807, 2.05) is 66.7 Å². The van der Waals surface area contributed by atoms with Crippen LogP contribution in [0.2, 0.25) is 0 Å². The van der Waals surface area contributed by atoms with Crippen LogP contribution < -0.4 is 0 Å². The lowest BCUT2D eigenvalue weighted by Gasteiger charge is -2.10. The third-order valence-electron chi connectivity index (χ3n) is 7.93. The van der Waals surface area contributed by atoms with Crippen molar-refractivity contribution in [2.75, 3.05) is 0 Å². The number of fused-ring (bicyclic) bond motifs is 5. The van der Waals surface area contributed by atoms with Gasteiger partial charge in [0.25, 0.3) is 0 Å². The molecule has 4 nitrogen and oxygen atoms in total. The van der Waals surface area contributed by atoms with Crippen molar-refractivity contribution >= 4 is 32.7 Å². The first-order valence-corrected chi connectivity index (χ1v) is 14.1. The van der Waals surface area contributed by atoms with Crippen LogP contribution in [-0.2, 0) is 0 Å². The molecule has 0 aliphatic carbocycles. The summed E-state index contributed by atoms with van der Waals surface area (Å²) < 4.78 is 6.49. The Labute approximate surface area is 248 Å². The molecule has 0 unspecified atom stereocenters. The van der Waals surface area contributed by atoms with Gasteiger partial charge in [-0.25, -0.2) is 9.97 Å². The average Bonchev–Trinajstić information content (AvgIpc) is 3.47. The molecule has 6 aromatic carbocycles. The van der Waals surface area contributed by atoms with E-state index in [-0.39, 0.29) is 0 Å². The van der Waals surface area contributed by atoms with Crippen molar-refractivity contribution in [3.63, 3.8) is 0 Å². The molecule has 0 fully saturated rings. The van der Waals surface area contributed by atoms with Crippen LogP contribution in [0.4, 0.5) is 0 Å². The molecular formula is C39H23N3O. The van der Waals surface area contributed by atoms with Crippen molar-refractivity contribution in [1.29, 1.82) is 5.26 Å². The molecule has 0 aliphatic rings. The second-order valence-electron chi connectivity index (χ2n) is 10.5. The van der Waals surface area contributed by atoms with E-state index in [9.17, 15) is 5.26 Å². The number of hydrogen-bond donors (Lipinski definition) is 0. The molecule has 4 heteroatoms. The number of furan rings is 1. The molecule has 0 bridgehead atoms. The largest absolute Gasteiger partial charge is 0.455 e. The van der Waals surface area contributed by atoms with Crippen LogP contribution in [-0.4, -0.2) is 9.97 Å². The topological polar surface area (TPSA) is 62.7 Å². The molecule has 0 N–H and O–H groups in total. The fourth-order valence-corrected chi connectivity index (χ4v) is 5.79. The number of nitrogens with zero attached hydrogens (tertiary/aromatic N) is 3. The number of aromatic nitrogens is 2.